The number of ether oxygens (including phenoxy) is 1. The standard InChI is InChI=1S/C27H49N5O4/c1-24-9-7-20(35-15-3-13-28)17-19(24)5-6-22-21(24)8-10-25(2)26(33,11-12-27(22,25)34)18-32-36-16-4-14-31-23(29)30/h18-22,33-34H,3-17,28H2,1-2H3,(H4,29,30,31)/b32-18+/t19-,20+,21+,22-,24+,25-,26+,27+/m1/s1. The first-order valence-corrected chi connectivity index (χ1v) is 14.1. The average molecular weight is 508 g/mol. The molecule has 0 aliphatic heterocycles. The molecule has 4 aliphatic rings. The molecule has 8 N–H and O–H groups in total. The lowest BCUT2D eigenvalue weighted by atomic mass is 9.43. The van der Waals surface area contributed by atoms with Crippen molar-refractivity contribution >= 4 is 12.2 Å². The van der Waals surface area contributed by atoms with E-state index in [1.807, 2.05) is 0 Å². The van der Waals surface area contributed by atoms with Gasteiger partial charge in [-0.15, -0.1) is 0 Å². The second-order valence-electron chi connectivity index (χ2n) is 12.4. The van der Waals surface area contributed by atoms with Crippen LogP contribution >= 0.6 is 0 Å². The quantitative estimate of drug-likeness (QED) is 0.115. The van der Waals surface area contributed by atoms with Crippen molar-refractivity contribution in [3.63, 3.8) is 0 Å². The van der Waals surface area contributed by atoms with Gasteiger partial charge in [0, 0.05) is 25.0 Å². The summed E-state index contributed by atoms with van der Waals surface area (Å²) in [4.78, 5) is 5.40. The fourth-order valence-corrected chi connectivity index (χ4v) is 8.47. The highest BCUT2D eigenvalue weighted by Crippen LogP contribution is 2.69. The van der Waals surface area contributed by atoms with Gasteiger partial charge in [0.2, 0.25) is 0 Å². The van der Waals surface area contributed by atoms with Gasteiger partial charge in [-0.05, 0) is 93.9 Å². The Hall–Kier alpha value is -1.42. The number of fused-ring (bicyclic) bond motifs is 5. The minimum Gasteiger partial charge on any atom is -0.396 e. The molecule has 0 amide bonds. The third-order valence-corrected chi connectivity index (χ3v) is 10.8. The predicted molar refractivity (Wildman–Crippen MR) is 141 cm³/mol. The van der Waals surface area contributed by atoms with Crippen molar-refractivity contribution in [1.29, 1.82) is 5.41 Å². The van der Waals surface area contributed by atoms with Crippen molar-refractivity contribution in [2.75, 3.05) is 26.3 Å². The molecule has 0 saturated heterocycles. The molecule has 0 bridgehead atoms. The lowest BCUT2D eigenvalue weighted by molar-refractivity contribution is -0.225. The number of guanidine groups is 1. The van der Waals surface area contributed by atoms with Gasteiger partial charge in [0.1, 0.15) is 12.2 Å². The zero-order valence-electron chi connectivity index (χ0n) is 22.3. The maximum Gasteiger partial charge on any atom is 0.185 e. The number of nitrogens with two attached hydrogens (primary N) is 2. The minimum atomic E-state index is -1.18. The van der Waals surface area contributed by atoms with Crippen LogP contribution in [0.25, 0.3) is 0 Å². The number of aliphatic hydroxyl groups is 2. The maximum absolute atomic E-state index is 12.3. The molecule has 4 aliphatic carbocycles. The summed E-state index contributed by atoms with van der Waals surface area (Å²) in [7, 11) is 0. The molecule has 0 aromatic heterocycles. The summed E-state index contributed by atoms with van der Waals surface area (Å²) in [5, 5.41) is 38.0. The maximum atomic E-state index is 12.3. The van der Waals surface area contributed by atoms with Crippen LogP contribution in [0.15, 0.2) is 5.16 Å². The number of hydrogen-bond acceptors (Lipinski definition) is 7. The zero-order valence-corrected chi connectivity index (χ0v) is 22.3. The van der Waals surface area contributed by atoms with Gasteiger partial charge in [0.25, 0.3) is 0 Å². The van der Waals surface area contributed by atoms with Crippen molar-refractivity contribution in [1.82, 2.24) is 5.32 Å². The molecule has 9 nitrogen and oxygen atoms in total. The molecule has 0 heterocycles. The van der Waals surface area contributed by atoms with Crippen LogP contribution in [0.1, 0.15) is 84.5 Å². The van der Waals surface area contributed by atoms with E-state index in [1.54, 1.807) is 6.21 Å². The van der Waals surface area contributed by atoms with Crippen LogP contribution < -0.4 is 16.8 Å². The highest BCUT2D eigenvalue weighted by molar-refractivity contribution is 5.74. The lowest BCUT2D eigenvalue weighted by Crippen LogP contribution is -2.65. The summed E-state index contributed by atoms with van der Waals surface area (Å²) >= 11 is 0. The van der Waals surface area contributed by atoms with Crippen molar-refractivity contribution in [2.45, 2.75) is 102 Å². The molecular weight excluding hydrogens is 458 g/mol. The first-order chi connectivity index (χ1) is 17.1. The van der Waals surface area contributed by atoms with Gasteiger partial charge < -0.3 is 36.6 Å². The highest BCUT2D eigenvalue weighted by atomic mass is 16.6. The zero-order chi connectivity index (χ0) is 26.0. The number of nitrogens with zero attached hydrogens (tertiary/aromatic N) is 1. The molecule has 0 spiro atoms. The van der Waals surface area contributed by atoms with Crippen molar-refractivity contribution in [2.24, 2.45) is 45.2 Å². The Labute approximate surface area is 216 Å². The number of nitrogens with one attached hydrogen (secondary N) is 2. The Balaban J connectivity index is 1.40. The molecule has 206 valence electrons. The van der Waals surface area contributed by atoms with E-state index in [4.69, 9.17) is 26.5 Å². The first-order valence-electron chi connectivity index (χ1n) is 14.1. The van der Waals surface area contributed by atoms with E-state index in [2.05, 4.69) is 24.3 Å². The van der Waals surface area contributed by atoms with Gasteiger partial charge in [-0.1, -0.05) is 19.0 Å². The molecule has 9 heteroatoms. The van der Waals surface area contributed by atoms with E-state index in [0.29, 0.717) is 56.9 Å². The Morgan fingerprint density at radius 1 is 1.06 bits per heavy atom. The van der Waals surface area contributed by atoms with Crippen LogP contribution in [0.2, 0.25) is 0 Å². The molecule has 36 heavy (non-hydrogen) atoms. The second kappa shape index (κ2) is 10.8. The predicted octanol–water partition coefficient (Wildman–Crippen LogP) is 2.48. The van der Waals surface area contributed by atoms with Gasteiger partial charge in [-0.25, -0.2) is 0 Å². The Kier molecular flexibility index (Phi) is 8.25. The highest BCUT2D eigenvalue weighted by Gasteiger charge is 2.71. The Morgan fingerprint density at radius 2 is 1.86 bits per heavy atom. The monoisotopic (exact) mass is 507 g/mol. The Morgan fingerprint density at radius 3 is 2.61 bits per heavy atom. The molecule has 0 aromatic carbocycles. The number of rotatable bonds is 10. The van der Waals surface area contributed by atoms with Crippen LogP contribution in [0.4, 0.5) is 0 Å². The third kappa shape index (κ3) is 4.76. The van der Waals surface area contributed by atoms with Crippen LogP contribution in [-0.4, -0.2) is 66.0 Å². The van der Waals surface area contributed by atoms with E-state index in [9.17, 15) is 10.2 Å². The van der Waals surface area contributed by atoms with Gasteiger partial charge in [-0.2, -0.15) is 0 Å². The molecular formula is C27H49N5O4. The summed E-state index contributed by atoms with van der Waals surface area (Å²) in [5.41, 5.74) is 8.41. The van der Waals surface area contributed by atoms with E-state index >= 15 is 0 Å². The Bertz CT molecular complexity index is 813. The summed E-state index contributed by atoms with van der Waals surface area (Å²) in [5.74, 6) is 1.25. The van der Waals surface area contributed by atoms with E-state index in [1.165, 1.54) is 0 Å². The van der Waals surface area contributed by atoms with Gasteiger partial charge in [0.05, 0.1) is 17.9 Å². The van der Waals surface area contributed by atoms with Crippen LogP contribution in [0, 0.1) is 34.0 Å². The van der Waals surface area contributed by atoms with Crippen molar-refractivity contribution < 1.29 is 19.8 Å². The smallest absolute Gasteiger partial charge is 0.185 e. The van der Waals surface area contributed by atoms with Crippen molar-refractivity contribution in [3.05, 3.63) is 0 Å². The normalized spacial score (nSPS) is 44.0. The molecule has 0 unspecified atom stereocenters. The number of oxime groups is 1. The second-order valence-corrected chi connectivity index (χ2v) is 12.4. The van der Waals surface area contributed by atoms with Gasteiger partial charge in [0.15, 0.2) is 5.96 Å². The molecule has 4 saturated carbocycles. The van der Waals surface area contributed by atoms with E-state index in [-0.39, 0.29) is 17.3 Å². The third-order valence-electron chi connectivity index (χ3n) is 10.8. The summed E-state index contributed by atoms with van der Waals surface area (Å²) in [6.45, 7) is 6.87. The van der Waals surface area contributed by atoms with Gasteiger partial charge in [-0.3, -0.25) is 5.41 Å². The van der Waals surface area contributed by atoms with E-state index < -0.39 is 16.6 Å². The SMILES string of the molecule is C[C@]12CC[C@H](OCCCN)C[C@H]1CC[C@@H]1[C@@H]2CC[C@]2(C)[C@@](O)(/C=N/OCCCNC(=N)N)CC[C@]12O. The molecule has 8 atom stereocenters. The minimum absolute atomic E-state index is 0.0617. The fraction of sp³-hybridized carbons (Fsp3) is 0.926. The largest absolute Gasteiger partial charge is 0.396 e. The lowest BCUT2D eigenvalue weighted by Gasteiger charge is -2.64. The topological polar surface area (TPSA) is 159 Å². The molecule has 0 aromatic rings. The van der Waals surface area contributed by atoms with Crippen LogP contribution in [-0.2, 0) is 9.57 Å². The van der Waals surface area contributed by atoms with Gasteiger partial charge >= 0.3 is 0 Å². The molecule has 4 fully saturated rings. The summed E-state index contributed by atoms with van der Waals surface area (Å²) in [6.07, 6.45) is 11.9. The van der Waals surface area contributed by atoms with Crippen LogP contribution in [0.3, 0.4) is 0 Å². The number of hydrogen-bond donors (Lipinski definition) is 6. The molecule has 4 rings (SSSR count). The van der Waals surface area contributed by atoms with Crippen LogP contribution in [0.5, 0.6) is 0 Å². The average Bonchev–Trinajstić information content (AvgIpc) is 3.05. The van der Waals surface area contributed by atoms with Crippen molar-refractivity contribution in [3.8, 4) is 0 Å². The fourth-order valence-electron chi connectivity index (χ4n) is 8.47. The summed E-state index contributed by atoms with van der Waals surface area (Å²) in [6, 6.07) is 0. The molecule has 0 radical (unpaired) electrons. The first kappa shape index (κ1) is 27.6. The summed E-state index contributed by atoms with van der Waals surface area (Å²) < 4.78 is 6.16. The van der Waals surface area contributed by atoms with E-state index in [0.717, 1.165) is 58.0 Å².